The molecular weight excluding hydrogens is 158 g/mol. The summed E-state index contributed by atoms with van der Waals surface area (Å²) < 4.78 is 11.1. The average Bonchev–Trinajstić information content (AvgIpc) is 2.02. The fourth-order valence-electron chi connectivity index (χ4n) is 0.937. The van der Waals surface area contributed by atoms with E-state index in [0.717, 1.165) is 17.9 Å². The van der Waals surface area contributed by atoms with E-state index < -0.39 is 10.8 Å². The summed E-state index contributed by atoms with van der Waals surface area (Å²) in [7, 11) is -0.659. The Bertz CT molecular complexity index is 127. The molecule has 0 heterocycles. The average molecular weight is 177 g/mol. The number of hydrogen-bond acceptors (Lipinski definition) is 2. The van der Waals surface area contributed by atoms with Crippen LogP contribution >= 0.6 is 0 Å². The number of rotatable bonds is 5. The SMILES string of the molecule is CCC(N)C(C)CS(=O)CC. The van der Waals surface area contributed by atoms with Crippen LogP contribution in [0.25, 0.3) is 0 Å². The minimum Gasteiger partial charge on any atom is -0.327 e. The maximum atomic E-state index is 11.1. The summed E-state index contributed by atoms with van der Waals surface area (Å²) in [5.74, 6) is 1.90. The third-order valence-corrected chi connectivity index (χ3v) is 3.51. The molecule has 0 fully saturated rings. The first kappa shape index (κ1) is 11.1. The van der Waals surface area contributed by atoms with Gasteiger partial charge in [0.1, 0.15) is 0 Å². The molecular formula is C8H19NOS. The van der Waals surface area contributed by atoms with Crippen LogP contribution in [0.3, 0.4) is 0 Å². The van der Waals surface area contributed by atoms with Crippen molar-refractivity contribution in [1.82, 2.24) is 0 Å². The van der Waals surface area contributed by atoms with Gasteiger partial charge in [-0.1, -0.05) is 20.8 Å². The second-order valence-electron chi connectivity index (χ2n) is 2.94. The maximum Gasteiger partial charge on any atom is 0.0275 e. The van der Waals surface area contributed by atoms with Gasteiger partial charge < -0.3 is 5.73 Å². The highest BCUT2D eigenvalue weighted by molar-refractivity contribution is 7.84. The van der Waals surface area contributed by atoms with Crippen molar-refractivity contribution in [1.29, 1.82) is 0 Å². The topological polar surface area (TPSA) is 43.1 Å². The molecule has 2 N–H and O–H groups in total. The molecule has 0 saturated heterocycles. The number of nitrogens with two attached hydrogens (primary N) is 1. The van der Waals surface area contributed by atoms with E-state index in [9.17, 15) is 4.21 Å². The third-order valence-electron chi connectivity index (χ3n) is 1.97. The van der Waals surface area contributed by atoms with Gasteiger partial charge in [0.15, 0.2) is 0 Å². The van der Waals surface area contributed by atoms with Crippen LogP contribution in [0, 0.1) is 5.92 Å². The van der Waals surface area contributed by atoms with Gasteiger partial charge >= 0.3 is 0 Å². The number of hydrogen-bond donors (Lipinski definition) is 1. The van der Waals surface area contributed by atoms with Crippen molar-refractivity contribution in [2.45, 2.75) is 33.2 Å². The van der Waals surface area contributed by atoms with Gasteiger partial charge in [0.2, 0.25) is 0 Å². The second kappa shape index (κ2) is 5.72. The van der Waals surface area contributed by atoms with Crippen molar-refractivity contribution in [3.05, 3.63) is 0 Å². The Labute approximate surface area is 72.0 Å². The first-order valence-corrected chi connectivity index (χ1v) is 5.71. The highest BCUT2D eigenvalue weighted by Crippen LogP contribution is 2.05. The molecule has 0 aromatic carbocycles. The van der Waals surface area contributed by atoms with Gasteiger partial charge in [-0.3, -0.25) is 4.21 Å². The van der Waals surface area contributed by atoms with Crippen molar-refractivity contribution in [2.24, 2.45) is 11.7 Å². The molecule has 3 unspecified atom stereocenters. The summed E-state index contributed by atoms with van der Waals surface area (Å²) in [6.45, 7) is 6.08. The zero-order valence-corrected chi connectivity index (χ0v) is 8.49. The van der Waals surface area contributed by atoms with Gasteiger partial charge in [0.25, 0.3) is 0 Å². The zero-order chi connectivity index (χ0) is 8.85. The van der Waals surface area contributed by atoms with E-state index in [1.165, 1.54) is 0 Å². The molecule has 0 aliphatic heterocycles. The lowest BCUT2D eigenvalue weighted by atomic mass is 10.0. The molecule has 0 rings (SSSR count). The quantitative estimate of drug-likeness (QED) is 0.684. The Kier molecular flexibility index (Phi) is 5.78. The molecule has 0 aliphatic carbocycles. The van der Waals surface area contributed by atoms with E-state index in [4.69, 9.17) is 5.73 Å². The molecule has 0 bridgehead atoms. The maximum absolute atomic E-state index is 11.1. The van der Waals surface area contributed by atoms with Gasteiger partial charge in [0, 0.05) is 28.3 Å². The highest BCUT2D eigenvalue weighted by atomic mass is 32.2. The first-order chi connectivity index (χ1) is 5.11. The van der Waals surface area contributed by atoms with Crippen molar-refractivity contribution in [2.75, 3.05) is 11.5 Å². The fraction of sp³-hybridized carbons (Fsp3) is 1.00. The Morgan fingerprint density at radius 2 is 2.00 bits per heavy atom. The standard InChI is InChI=1S/C8H19NOS/c1-4-8(9)7(3)6-11(10)5-2/h7-8H,4-6,9H2,1-3H3. The highest BCUT2D eigenvalue weighted by Gasteiger charge is 2.12. The summed E-state index contributed by atoms with van der Waals surface area (Å²) in [6, 6.07) is 0.213. The predicted molar refractivity (Wildman–Crippen MR) is 51.0 cm³/mol. The van der Waals surface area contributed by atoms with E-state index in [2.05, 4.69) is 13.8 Å². The van der Waals surface area contributed by atoms with Gasteiger partial charge in [-0.05, 0) is 12.3 Å². The van der Waals surface area contributed by atoms with Crippen molar-refractivity contribution < 1.29 is 4.21 Å². The summed E-state index contributed by atoms with van der Waals surface area (Å²) >= 11 is 0. The van der Waals surface area contributed by atoms with Crippen LogP contribution in [-0.2, 0) is 10.8 Å². The minimum atomic E-state index is -0.659. The largest absolute Gasteiger partial charge is 0.327 e. The molecule has 0 radical (unpaired) electrons. The molecule has 0 aliphatic rings. The Balaban J connectivity index is 3.67. The zero-order valence-electron chi connectivity index (χ0n) is 7.67. The van der Waals surface area contributed by atoms with Gasteiger partial charge in [-0.25, -0.2) is 0 Å². The molecule has 0 spiro atoms. The molecule has 3 heteroatoms. The summed E-state index contributed by atoms with van der Waals surface area (Å²) in [5, 5.41) is 0. The lowest BCUT2D eigenvalue weighted by Crippen LogP contribution is -2.31. The van der Waals surface area contributed by atoms with E-state index >= 15 is 0 Å². The predicted octanol–water partition coefficient (Wildman–Crippen LogP) is 1.13. The third kappa shape index (κ3) is 4.53. The van der Waals surface area contributed by atoms with Crippen LogP contribution in [0.1, 0.15) is 27.2 Å². The lowest BCUT2D eigenvalue weighted by Gasteiger charge is -2.16. The van der Waals surface area contributed by atoms with E-state index in [-0.39, 0.29) is 6.04 Å². The van der Waals surface area contributed by atoms with Gasteiger partial charge in [-0.15, -0.1) is 0 Å². The molecule has 68 valence electrons. The summed E-state index contributed by atoms with van der Waals surface area (Å²) in [4.78, 5) is 0. The van der Waals surface area contributed by atoms with E-state index in [1.807, 2.05) is 6.92 Å². The smallest absolute Gasteiger partial charge is 0.0275 e. The molecule has 2 nitrogen and oxygen atoms in total. The van der Waals surface area contributed by atoms with Gasteiger partial charge in [-0.2, -0.15) is 0 Å². The van der Waals surface area contributed by atoms with Crippen LogP contribution in [0.5, 0.6) is 0 Å². The summed E-state index contributed by atoms with van der Waals surface area (Å²) in [5.41, 5.74) is 5.79. The van der Waals surface area contributed by atoms with Crippen LogP contribution in [-0.4, -0.2) is 21.8 Å². The molecule has 0 amide bonds. The van der Waals surface area contributed by atoms with E-state index in [1.54, 1.807) is 0 Å². The lowest BCUT2D eigenvalue weighted by molar-refractivity contribution is 0.483. The van der Waals surface area contributed by atoms with Crippen LogP contribution in [0.15, 0.2) is 0 Å². The fourth-order valence-corrected chi connectivity index (χ4v) is 2.01. The molecule has 0 aromatic rings. The second-order valence-corrected chi connectivity index (χ2v) is 4.73. The normalized spacial score (nSPS) is 19.3. The van der Waals surface area contributed by atoms with E-state index in [0.29, 0.717) is 5.92 Å². The van der Waals surface area contributed by atoms with Crippen LogP contribution < -0.4 is 5.73 Å². The molecule has 3 atom stereocenters. The summed E-state index contributed by atoms with van der Waals surface area (Å²) in [6.07, 6.45) is 0.974. The minimum absolute atomic E-state index is 0.213. The molecule has 0 aromatic heterocycles. The molecule has 11 heavy (non-hydrogen) atoms. The molecule has 0 saturated carbocycles. The van der Waals surface area contributed by atoms with Gasteiger partial charge in [0.05, 0.1) is 0 Å². The Hall–Kier alpha value is 0.110. The Morgan fingerprint density at radius 1 is 1.45 bits per heavy atom. The monoisotopic (exact) mass is 177 g/mol. The van der Waals surface area contributed by atoms with Crippen molar-refractivity contribution in [3.8, 4) is 0 Å². The van der Waals surface area contributed by atoms with Crippen LogP contribution in [0.2, 0.25) is 0 Å². The van der Waals surface area contributed by atoms with Crippen LogP contribution in [0.4, 0.5) is 0 Å². The van der Waals surface area contributed by atoms with Crippen molar-refractivity contribution >= 4 is 10.8 Å². The Morgan fingerprint density at radius 3 is 2.36 bits per heavy atom. The van der Waals surface area contributed by atoms with Crippen molar-refractivity contribution in [3.63, 3.8) is 0 Å². The first-order valence-electron chi connectivity index (χ1n) is 4.22.